The molecule has 0 aliphatic carbocycles. The number of carbonyl (C=O) groups is 1. The van der Waals surface area contributed by atoms with E-state index in [-0.39, 0.29) is 0 Å². The molecular weight excluding hydrogens is 168 g/mol. The number of hydrogen-bond acceptors (Lipinski definition) is 3. The molecule has 2 radical (unpaired) electrons. The SMILES string of the molecule is CCN1C(=O)O[C]c2ncccc21. The molecule has 1 aliphatic heterocycles. The highest BCUT2D eigenvalue weighted by atomic mass is 16.6. The highest BCUT2D eigenvalue weighted by molar-refractivity contribution is 5.90. The van der Waals surface area contributed by atoms with Gasteiger partial charge in [-0.05, 0) is 19.1 Å². The molecule has 2 rings (SSSR count). The molecule has 0 fully saturated rings. The topological polar surface area (TPSA) is 42.4 Å². The zero-order chi connectivity index (χ0) is 9.26. The van der Waals surface area contributed by atoms with Crippen molar-refractivity contribution in [2.45, 2.75) is 6.92 Å². The van der Waals surface area contributed by atoms with Crippen LogP contribution >= 0.6 is 0 Å². The molecular formula is C9H8N2O2. The van der Waals surface area contributed by atoms with Crippen LogP contribution in [0.5, 0.6) is 0 Å². The molecule has 4 heteroatoms. The quantitative estimate of drug-likeness (QED) is 0.650. The van der Waals surface area contributed by atoms with Gasteiger partial charge in [0.2, 0.25) is 0 Å². The van der Waals surface area contributed by atoms with E-state index in [1.807, 2.05) is 13.0 Å². The summed E-state index contributed by atoms with van der Waals surface area (Å²) in [5.41, 5.74) is 1.32. The van der Waals surface area contributed by atoms with Crippen molar-refractivity contribution in [3.05, 3.63) is 30.6 Å². The number of cyclic esters (lactones) is 1. The molecule has 4 nitrogen and oxygen atoms in total. The zero-order valence-electron chi connectivity index (χ0n) is 7.15. The fourth-order valence-electron chi connectivity index (χ4n) is 1.24. The molecule has 1 aliphatic rings. The number of rotatable bonds is 1. The molecule has 13 heavy (non-hydrogen) atoms. The van der Waals surface area contributed by atoms with Gasteiger partial charge in [-0.2, -0.15) is 0 Å². The second kappa shape index (κ2) is 3.05. The fourth-order valence-corrected chi connectivity index (χ4v) is 1.24. The van der Waals surface area contributed by atoms with Crippen LogP contribution in [0, 0.1) is 6.61 Å². The minimum Gasteiger partial charge on any atom is -0.426 e. The molecule has 0 saturated heterocycles. The third-order valence-electron chi connectivity index (χ3n) is 1.85. The maximum absolute atomic E-state index is 11.2. The first-order chi connectivity index (χ1) is 6.33. The van der Waals surface area contributed by atoms with Crippen LogP contribution in [0.3, 0.4) is 0 Å². The summed E-state index contributed by atoms with van der Waals surface area (Å²) < 4.78 is 4.68. The minimum absolute atomic E-state index is 0.400. The van der Waals surface area contributed by atoms with E-state index in [1.165, 1.54) is 4.90 Å². The number of anilines is 1. The largest absolute Gasteiger partial charge is 0.426 e. The van der Waals surface area contributed by atoms with Crippen LogP contribution < -0.4 is 4.90 Å². The molecule has 66 valence electrons. The molecule has 1 amide bonds. The van der Waals surface area contributed by atoms with Crippen molar-refractivity contribution in [2.24, 2.45) is 0 Å². The Bertz CT molecular complexity index is 338. The summed E-state index contributed by atoms with van der Waals surface area (Å²) in [7, 11) is 0. The molecule has 1 aromatic rings. The molecule has 0 N–H and O–H groups in total. The van der Waals surface area contributed by atoms with E-state index in [9.17, 15) is 4.79 Å². The summed E-state index contributed by atoms with van der Waals surface area (Å²) in [5, 5.41) is 0. The van der Waals surface area contributed by atoms with Crippen molar-refractivity contribution in [1.29, 1.82) is 0 Å². The zero-order valence-corrected chi connectivity index (χ0v) is 7.15. The Morgan fingerprint density at radius 3 is 3.31 bits per heavy atom. The molecule has 0 spiro atoms. The van der Waals surface area contributed by atoms with Gasteiger partial charge in [-0.15, -0.1) is 0 Å². The van der Waals surface area contributed by atoms with Crippen LogP contribution in [0.1, 0.15) is 12.6 Å². The molecule has 0 aromatic carbocycles. The van der Waals surface area contributed by atoms with Crippen LogP contribution in [0.15, 0.2) is 18.3 Å². The summed E-state index contributed by atoms with van der Waals surface area (Å²) in [5.74, 6) is 0. The Labute approximate surface area is 76.1 Å². The van der Waals surface area contributed by atoms with E-state index in [0.717, 1.165) is 5.69 Å². The van der Waals surface area contributed by atoms with E-state index in [0.29, 0.717) is 12.2 Å². The first kappa shape index (κ1) is 8.04. The van der Waals surface area contributed by atoms with Gasteiger partial charge in [0.1, 0.15) is 5.69 Å². The van der Waals surface area contributed by atoms with Crippen LogP contribution in [0.4, 0.5) is 10.5 Å². The van der Waals surface area contributed by atoms with Gasteiger partial charge in [0.05, 0.1) is 5.69 Å². The normalized spacial score (nSPS) is 15.2. The van der Waals surface area contributed by atoms with Crippen molar-refractivity contribution in [3.63, 3.8) is 0 Å². The van der Waals surface area contributed by atoms with Crippen molar-refractivity contribution in [3.8, 4) is 0 Å². The molecule has 2 heterocycles. The Morgan fingerprint density at radius 1 is 1.69 bits per heavy atom. The van der Waals surface area contributed by atoms with E-state index in [1.54, 1.807) is 12.3 Å². The van der Waals surface area contributed by atoms with E-state index < -0.39 is 6.09 Å². The van der Waals surface area contributed by atoms with Crippen molar-refractivity contribution in [1.82, 2.24) is 4.98 Å². The summed E-state index contributed by atoms with van der Waals surface area (Å²) in [6.07, 6.45) is 1.24. The van der Waals surface area contributed by atoms with Gasteiger partial charge < -0.3 is 4.74 Å². The second-order valence-corrected chi connectivity index (χ2v) is 2.59. The molecule has 1 aromatic heterocycles. The summed E-state index contributed by atoms with van der Waals surface area (Å²) in [6.45, 7) is 4.92. The van der Waals surface area contributed by atoms with Gasteiger partial charge >= 0.3 is 6.09 Å². The summed E-state index contributed by atoms with van der Waals surface area (Å²) >= 11 is 0. The molecule has 0 saturated carbocycles. The van der Waals surface area contributed by atoms with Gasteiger partial charge in [0, 0.05) is 12.7 Å². The van der Waals surface area contributed by atoms with E-state index in [2.05, 4.69) is 16.3 Å². The lowest BCUT2D eigenvalue weighted by atomic mass is 10.2. The number of fused-ring (bicyclic) bond motifs is 1. The third kappa shape index (κ3) is 1.24. The van der Waals surface area contributed by atoms with Gasteiger partial charge in [-0.1, -0.05) is 0 Å². The van der Waals surface area contributed by atoms with Gasteiger partial charge in [-0.25, -0.2) is 4.79 Å². The van der Waals surface area contributed by atoms with Crippen LogP contribution in [-0.4, -0.2) is 17.6 Å². The maximum atomic E-state index is 11.2. The fraction of sp³-hybridized carbons (Fsp3) is 0.222. The number of aromatic nitrogens is 1. The smallest absolute Gasteiger partial charge is 0.415 e. The highest BCUT2D eigenvalue weighted by Gasteiger charge is 2.25. The van der Waals surface area contributed by atoms with Gasteiger partial charge in [-0.3, -0.25) is 9.88 Å². The average Bonchev–Trinajstić information content (AvgIpc) is 2.18. The van der Waals surface area contributed by atoms with Crippen LogP contribution in [0.25, 0.3) is 0 Å². The first-order valence-corrected chi connectivity index (χ1v) is 4.02. The van der Waals surface area contributed by atoms with Crippen molar-refractivity contribution >= 4 is 11.8 Å². The molecule has 0 unspecified atom stereocenters. The van der Waals surface area contributed by atoms with Crippen LogP contribution in [0.2, 0.25) is 0 Å². The Kier molecular flexibility index (Phi) is 1.88. The van der Waals surface area contributed by atoms with E-state index >= 15 is 0 Å². The first-order valence-electron chi connectivity index (χ1n) is 4.02. The highest BCUT2D eigenvalue weighted by Crippen LogP contribution is 2.25. The standard InChI is InChI=1S/C9H8N2O2/c1-2-11-8-4-3-5-10-7(8)6-13-9(11)12/h3-5H,2H2,1H3. The monoisotopic (exact) mass is 176 g/mol. The third-order valence-corrected chi connectivity index (χ3v) is 1.85. The Balaban J connectivity index is 2.45. The molecule has 0 atom stereocenters. The number of ether oxygens (including phenoxy) is 1. The average molecular weight is 176 g/mol. The predicted octanol–water partition coefficient (Wildman–Crippen LogP) is 1.44. The Hall–Kier alpha value is -1.58. The van der Waals surface area contributed by atoms with Gasteiger partial charge in [0.15, 0.2) is 0 Å². The number of carbonyl (C=O) groups excluding carboxylic acids is 1. The number of nitrogens with zero attached hydrogens (tertiary/aromatic N) is 2. The summed E-state index contributed by atoms with van der Waals surface area (Å²) in [4.78, 5) is 16.7. The molecule has 0 bridgehead atoms. The maximum Gasteiger partial charge on any atom is 0.415 e. The number of pyridine rings is 1. The van der Waals surface area contributed by atoms with Gasteiger partial charge in [0.25, 0.3) is 6.61 Å². The van der Waals surface area contributed by atoms with Crippen molar-refractivity contribution in [2.75, 3.05) is 11.4 Å². The lowest BCUT2D eigenvalue weighted by molar-refractivity contribution is 0.179. The lowest BCUT2D eigenvalue weighted by Gasteiger charge is -2.25. The Morgan fingerprint density at radius 2 is 2.54 bits per heavy atom. The van der Waals surface area contributed by atoms with E-state index in [4.69, 9.17) is 0 Å². The van der Waals surface area contributed by atoms with Crippen LogP contribution in [-0.2, 0) is 4.74 Å². The van der Waals surface area contributed by atoms with Crippen molar-refractivity contribution < 1.29 is 9.53 Å². The minimum atomic E-state index is -0.400. The lowest BCUT2D eigenvalue weighted by Crippen LogP contribution is -2.35. The predicted molar refractivity (Wildman–Crippen MR) is 46.1 cm³/mol. The summed E-state index contributed by atoms with van der Waals surface area (Å²) in [6, 6.07) is 3.60. The second-order valence-electron chi connectivity index (χ2n) is 2.59. The number of amides is 1. The number of hydrogen-bond donors (Lipinski definition) is 0.